The number of fused-ring (bicyclic) bond motifs is 1. The Hall–Kier alpha value is -2.83. The Labute approximate surface area is 189 Å². The number of nitro benzene ring substituents is 1. The maximum atomic E-state index is 12.7. The van der Waals surface area contributed by atoms with Crippen LogP contribution in [0.1, 0.15) is 43.1 Å². The molecule has 32 heavy (non-hydrogen) atoms. The van der Waals surface area contributed by atoms with Gasteiger partial charge in [0, 0.05) is 24.0 Å². The van der Waals surface area contributed by atoms with Gasteiger partial charge in [0.2, 0.25) is 10.0 Å². The maximum Gasteiger partial charge on any atom is 0.312 e. The summed E-state index contributed by atoms with van der Waals surface area (Å²) in [5, 5.41) is 12.2. The van der Waals surface area contributed by atoms with Gasteiger partial charge in [0.25, 0.3) is 5.56 Å². The van der Waals surface area contributed by atoms with Gasteiger partial charge in [-0.1, -0.05) is 13.8 Å². The van der Waals surface area contributed by atoms with Crippen LogP contribution >= 0.6 is 11.3 Å². The van der Waals surface area contributed by atoms with E-state index in [1.807, 2.05) is 13.8 Å². The number of aromatic amines is 1. The summed E-state index contributed by atoms with van der Waals surface area (Å²) in [5.74, 6) is 0.0974. The lowest BCUT2D eigenvalue weighted by molar-refractivity contribution is -0.386. The van der Waals surface area contributed by atoms with Crippen LogP contribution < -0.4 is 10.3 Å². The quantitative estimate of drug-likeness (QED) is 0.384. The van der Waals surface area contributed by atoms with Crippen molar-refractivity contribution in [1.29, 1.82) is 0 Å². The van der Waals surface area contributed by atoms with E-state index in [0.717, 1.165) is 16.5 Å². The van der Waals surface area contributed by atoms with Gasteiger partial charge >= 0.3 is 5.69 Å². The van der Waals surface area contributed by atoms with E-state index in [1.165, 1.54) is 27.8 Å². The Morgan fingerprint density at radius 3 is 2.53 bits per heavy atom. The van der Waals surface area contributed by atoms with E-state index in [9.17, 15) is 23.3 Å². The summed E-state index contributed by atoms with van der Waals surface area (Å²) in [6.45, 7) is 9.21. The van der Waals surface area contributed by atoms with E-state index in [4.69, 9.17) is 4.74 Å². The number of benzene rings is 1. The number of thiophene rings is 1. The summed E-state index contributed by atoms with van der Waals surface area (Å²) in [6, 6.07) is 3.51. The van der Waals surface area contributed by atoms with E-state index in [-0.39, 0.29) is 35.1 Å². The zero-order valence-corrected chi connectivity index (χ0v) is 20.0. The lowest BCUT2D eigenvalue weighted by Gasteiger charge is -2.19. The van der Waals surface area contributed by atoms with Crippen molar-refractivity contribution in [1.82, 2.24) is 14.3 Å². The first-order valence-electron chi connectivity index (χ1n) is 9.96. The Balaban J connectivity index is 1.99. The normalized spacial score (nSPS) is 12.9. The molecule has 0 fully saturated rings. The smallest absolute Gasteiger partial charge is 0.312 e. The molecule has 1 aromatic carbocycles. The van der Waals surface area contributed by atoms with Crippen LogP contribution in [0.3, 0.4) is 0 Å². The van der Waals surface area contributed by atoms with Gasteiger partial charge in [0.15, 0.2) is 17.7 Å². The molecule has 0 amide bonds. The fraction of sp³-hybridized carbons (Fsp3) is 0.400. The minimum atomic E-state index is -3.87. The van der Waals surface area contributed by atoms with Crippen molar-refractivity contribution in [3.63, 3.8) is 0 Å². The topological polar surface area (TPSA) is 136 Å². The standard InChI is InChI=1S/C20H24N4O6S2/c1-6-23(7-2)32(28,29)14-8-9-16(15(10-14)24(26)27)30-12(4)18-21-19(25)17-11(3)13(5)31-20(17)22-18/h8-10,12H,6-7H2,1-5H3,(H,21,22,25)/t12-/m1/s1. The molecule has 2 aromatic heterocycles. The molecular weight excluding hydrogens is 456 g/mol. The van der Waals surface area contributed by atoms with Crippen molar-refractivity contribution in [2.24, 2.45) is 0 Å². The second-order valence-corrected chi connectivity index (χ2v) is 10.3. The fourth-order valence-corrected chi connectivity index (χ4v) is 5.84. The molecule has 0 saturated carbocycles. The van der Waals surface area contributed by atoms with Gasteiger partial charge in [-0.25, -0.2) is 13.4 Å². The average molecular weight is 481 g/mol. The monoisotopic (exact) mass is 480 g/mol. The molecule has 3 aromatic rings. The average Bonchev–Trinajstić information content (AvgIpc) is 3.02. The van der Waals surface area contributed by atoms with Gasteiger partial charge in [-0.3, -0.25) is 14.9 Å². The number of hydrogen-bond acceptors (Lipinski definition) is 8. The van der Waals surface area contributed by atoms with Crippen LogP contribution in [0.5, 0.6) is 5.75 Å². The van der Waals surface area contributed by atoms with Gasteiger partial charge in [-0.2, -0.15) is 4.31 Å². The number of aryl methyl sites for hydroxylation is 2. The molecular formula is C20H24N4O6S2. The van der Waals surface area contributed by atoms with Gasteiger partial charge in [0.05, 0.1) is 15.2 Å². The molecule has 0 unspecified atom stereocenters. The third-order valence-corrected chi connectivity index (χ3v) is 8.36. The van der Waals surface area contributed by atoms with Crippen LogP contribution in [-0.4, -0.2) is 40.7 Å². The van der Waals surface area contributed by atoms with Crippen molar-refractivity contribution in [3.05, 3.63) is 54.9 Å². The lowest BCUT2D eigenvalue weighted by Crippen LogP contribution is -2.30. The number of nitro groups is 1. The summed E-state index contributed by atoms with van der Waals surface area (Å²) in [5.41, 5.74) is 0.0632. The minimum absolute atomic E-state index is 0.123. The molecule has 0 aliphatic heterocycles. The molecule has 172 valence electrons. The summed E-state index contributed by atoms with van der Waals surface area (Å²) in [4.78, 5) is 31.9. The van der Waals surface area contributed by atoms with Crippen LogP contribution in [-0.2, 0) is 10.0 Å². The fourth-order valence-electron chi connectivity index (χ4n) is 3.32. The zero-order chi connectivity index (χ0) is 23.8. The first-order valence-corrected chi connectivity index (χ1v) is 12.2. The number of nitrogens with zero attached hydrogens (tertiary/aromatic N) is 3. The lowest BCUT2D eigenvalue weighted by atomic mass is 10.2. The third-order valence-electron chi connectivity index (χ3n) is 5.22. The van der Waals surface area contributed by atoms with Crippen LogP contribution in [0.4, 0.5) is 5.69 Å². The molecule has 1 N–H and O–H groups in total. The Kier molecular flexibility index (Phi) is 6.67. The van der Waals surface area contributed by atoms with Crippen molar-refractivity contribution < 1.29 is 18.1 Å². The van der Waals surface area contributed by atoms with Gasteiger partial charge in [-0.05, 0) is 38.5 Å². The summed E-state index contributed by atoms with van der Waals surface area (Å²) in [7, 11) is -3.87. The second kappa shape index (κ2) is 8.96. The summed E-state index contributed by atoms with van der Waals surface area (Å²) >= 11 is 1.38. The molecule has 0 saturated heterocycles. The molecule has 12 heteroatoms. The number of sulfonamides is 1. The van der Waals surface area contributed by atoms with E-state index in [0.29, 0.717) is 10.2 Å². The molecule has 0 radical (unpaired) electrons. The summed E-state index contributed by atoms with van der Waals surface area (Å²) < 4.78 is 32.4. The van der Waals surface area contributed by atoms with Crippen LogP contribution in [0.25, 0.3) is 10.2 Å². The zero-order valence-electron chi connectivity index (χ0n) is 18.3. The van der Waals surface area contributed by atoms with Crippen molar-refractivity contribution in [3.8, 4) is 5.75 Å². The Morgan fingerprint density at radius 1 is 1.28 bits per heavy atom. The molecule has 0 aliphatic carbocycles. The van der Waals surface area contributed by atoms with Crippen LogP contribution in [0.15, 0.2) is 27.9 Å². The number of aromatic nitrogens is 2. The molecule has 3 rings (SSSR count). The molecule has 1 atom stereocenters. The molecule has 10 nitrogen and oxygen atoms in total. The van der Waals surface area contributed by atoms with Gasteiger partial charge < -0.3 is 9.72 Å². The minimum Gasteiger partial charge on any atom is -0.476 e. The van der Waals surface area contributed by atoms with Crippen molar-refractivity contribution in [2.75, 3.05) is 13.1 Å². The predicted molar refractivity (Wildman–Crippen MR) is 122 cm³/mol. The first-order chi connectivity index (χ1) is 15.0. The van der Waals surface area contributed by atoms with Crippen LogP contribution in [0.2, 0.25) is 0 Å². The molecule has 0 spiro atoms. The van der Waals surface area contributed by atoms with Gasteiger partial charge in [0.1, 0.15) is 4.83 Å². The maximum absolute atomic E-state index is 12.7. The van der Waals surface area contributed by atoms with E-state index < -0.39 is 26.7 Å². The molecule has 0 aliphatic rings. The largest absolute Gasteiger partial charge is 0.476 e. The highest BCUT2D eigenvalue weighted by atomic mass is 32.2. The van der Waals surface area contributed by atoms with Gasteiger partial charge in [-0.15, -0.1) is 11.3 Å². The molecule has 2 heterocycles. The van der Waals surface area contributed by atoms with E-state index >= 15 is 0 Å². The number of rotatable bonds is 8. The number of hydrogen-bond donors (Lipinski definition) is 1. The van der Waals surface area contributed by atoms with E-state index in [2.05, 4.69) is 9.97 Å². The Bertz CT molecular complexity index is 1340. The Morgan fingerprint density at radius 2 is 1.94 bits per heavy atom. The highest BCUT2D eigenvalue weighted by molar-refractivity contribution is 7.89. The third kappa shape index (κ3) is 4.25. The molecule has 0 bridgehead atoms. The first kappa shape index (κ1) is 23.8. The predicted octanol–water partition coefficient (Wildman–Crippen LogP) is 3.68. The highest BCUT2D eigenvalue weighted by Gasteiger charge is 2.27. The summed E-state index contributed by atoms with van der Waals surface area (Å²) in [6.07, 6.45) is -0.821. The number of ether oxygens (including phenoxy) is 1. The van der Waals surface area contributed by atoms with Crippen LogP contribution in [0, 0.1) is 24.0 Å². The van der Waals surface area contributed by atoms with E-state index in [1.54, 1.807) is 20.8 Å². The number of nitrogens with one attached hydrogen (secondary N) is 1. The SMILES string of the molecule is CCN(CC)S(=O)(=O)c1ccc(O[C@H](C)c2nc3sc(C)c(C)c3c(=O)[nH]2)c([N+](=O)[O-])c1. The van der Waals surface area contributed by atoms with Crippen molar-refractivity contribution in [2.45, 2.75) is 45.6 Å². The number of H-pyrrole nitrogens is 1. The van der Waals surface area contributed by atoms with Crippen molar-refractivity contribution >= 4 is 37.3 Å². The second-order valence-electron chi connectivity index (χ2n) is 7.15. The highest BCUT2D eigenvalue weighted by Crippen LogP contribution is 2.34.